The van der Waals surface area contributed by atoms with Crippen molar-refractivity contribution in [3.8, 4) is 5.75 Å². The van der Waals surface area contributed by atoms with Gasteiger partial charge in [0.25, 0.3) is 0 Å². The van der Waals surface area contributed by atoms with Gasteiger partial charge in [0.05, 0.1) is 7.11 Å². The van der Waals surface area contributed by atoms with Crippen LogP contribution in [0, 0.1) is 12.7 Å². The lowest BCUT2D eigenvalue weighted by Gasteiger charge is -2.05. The number of carbonyl (C=O) groups excluding carboxylic acids is 1. The predicted molar refractivity (Wildman–Crippen MR) is 83.0 cm³/mol. The highest BCUT2D eigenvalue weighted by Crippen LogP contribution is 2.18. The lowest BCUT2D eigenvalue weighted by molar-refractivity contribution is -0.138. The van der Waals surface area contributed by atoms with Crippen LogP contribution in [0.15, 0.2) is 48.5 Å². The van der Waals surface area contributed by atoms with E-state index in [4.69, 9.17) is 9.47 Å². The molecule has 0 atom stereocenters. The van der Waals surface area contributed by atoms with Crippen molar-refractivity contribution in [3.05, 3.63) is 71.0 Å². The highest BCUT2D eigenvalue weighted by Gasteiger charge is 2.05. The molecule has 0 aromatic heterocycles. The van der Waals surface area contributed by atoms with E-state index in [1.165, 1.54) is 25.3 Å². The van der Waals surface area contributed by atoms with Gasteiger partial charge in [0.1, 0.15) is 6.61 Å². The third-order valence-corrected chi connectivity index (χ3v) is 3.09. The van der Waals surface area contributed by atoms with Crippen molar-refractivity contribution >= 4 is 12.0 Å². The van der Waals surface area contributed by atoms with E-state index in [-0.39, 0.29) is 12.4 Å². The molecular formula is C18H17FO3. The van der Waals surface area contributed by atoms with Crippen LogP contribution in [0.3, 0.4) is 0 Å². The first kappa shape index (κ1) is 15.8. The number of benzene rings is 2. The van der Waals surface area contributed by atoms with Crippen LogP contribution < -0.4 is 4.74 Å². The van der Waals surface area contributed by atoms with Crippen molar-refractivity contribution in [1.29, 1.82) is 0 Å². The standard InChI is InChI=1S/C18H17FO3/c1-13-3-5-14(6-4-13)8-10-18(20)22-12-15-7-9-17(21-2)16(19)11-15/h3-11H,12H2,1-2H3/b10-8+. The molecule has 4 heteroatoms. The number of methoxy groups -OCH3 is 1. The molecule has 2 aromatic carbocycles. The van der Waals surface area contributed by atoms with Gasteiger partial charge in [-0.05, 0) is 36.3 Å². The van der Waals surface area contributed by atoms with Crippen LogP contribution in [0.25, 0.3) is 6.08 Å². The van der Waals surface area contributed by atoms with Gasteiger partial charge in [0.2, 0.25) is 0 Å². The fourth-order valence-corrected chi connectivity index (χ4v) is 1.84. The van der Waals surface area contributed by atoms with Crippen LogP contribution in [0.5, 0.6) is 5.75 Å². The predicted octanol–water partition coefficient (Wildman–Crippen LogP) is 3.90. The highest BCUT2D eigenvalue weighted by molar-refractivity contribution is 5.87. The lowest BCUT2D eigenvalue weighted by atomic mass is 10.1. The van der Waals surface area contributed by atoms with Gasteiger partial charge < -0.3 is 9.47 Å². The minimum atomic E-state index is -0.480. The van der Waals surface area contributed by atoms with E-state index in [2.05, 4.69) is 0 Å². The van der Waals surface area contributed by atoms with E-state index < -0.39 is 11.8 Å². The largest absolute Gasteiger partial charge is 0.494 e. The first-order valence-corrected chi connectivity index (χ1v) is 6.82. The van der Waals surface area contributed by atoms with Gasteiger partial charge in [-0.15, -0.1) is 0 Å². The monoisotopic (exact) mass is 300 g/mol. The zero-order valence-electron chi connectivity index (χ0n) is 12.5. The summed E-state index contributed by atoms with van der Waals surface area (Å²) in [4.78, 5) is 11.6. The molecule has 0 saturated heterocycles. The van der Waals surface area contributed by atoms with Gasteiger partial charge in [0.15, 0.2) is 11.6 Å². The maximum absolute atomic E-state index is 13.5. The number of ether oxygens (including phenoxy) is 2. The van der Waals surface area contributed by atoms with Crippen molar-refractivity contribution in [2.24, 2.45) is 0 Å². The van der Waals surface area contributed by atoms with Gasteiger partial charge in [-0.25, -0.2) is 9.18 Å². The van der Waals surface area contributed by atoms with Crippen LogP contribution >= 0.6 is 0 Å². The third kappa shape index (κ3) is 4.45. The molecule has 2 aromatic rings. The molecule has 0 saturated carbocycles. The number of hydrogen-bond acceptors (Lipinski definition) is 3. The summed E-state index contributed by atoms with van der Waals surface area (Å²) >= 11 is 0. The maximum atomic E-state index is 13.5. The quantitative estimate of drug-likeness (QED) is 0.620. The fraction of sp³-hybridized carbons (Fsp3) is 0.167. The summed E-state index contributed by atoms with van der Waals surface area (Å²) in [6, 6.07) is 12.2. The normalized spacial score (nSPS) is 10.7. The Bertz CT molecular complexity index is 675. The summed E-state index contributed by atoms with van der Waals surface area (Å²) in [7, 11) is 1.40. The number of hydrogen-bond donors (Lipinski definition) is 0. The van der Waals surface area contributed by atoms with Gasteiger partial charge in [-0.3, -0.25) is 0 Å². The van der Waals surface area contributed by atoms with E-state index in [0.717, 1.165) is 11.1 Å². The number of halogens is 1. The number of aryl methyl sites for hydroxylation is 1. The third-order valence-electron chi connectivity index (χ3n) is 3.09. The van der Waals surface area contributed by atoms with Gasteiger partial charge in [0, 0.05) is 6.08 Å². The summed E-state index contributed by atoms with van der Waals surface area (Å²) in [6.45, 7) is 2.01. The molecule has 3 nitrogen and oxygen atoms in total. The molecule has 22 heavy (non-hydrogen) atoms. The molecule has 0 fully saturated rings. The Morgan fingerprint density at radius 1 is 1.18 bits per heavy atom. The van der Waals surface area contributed by atoms with E-state index >= 15 is 0 Å². The van der Waals surface area contributed by atoms with Crippen molar-refractivity contribution in [1.82, 2.24) is 0 Å². The van der Waals surface area contributed by atoms with E-state index in [9.17, 15) is 9.18 Å². The molecule has 0 bridgehead atoms. The topological polar surface area (TPSA) is 35.5 Å². The second kappa shape index (κ2) is 7.41. The molecule has 2 rings (SSSR count). The first-order chi connectivity index (χ1) is 10.6. The number of esters is 1. The van der Waals surface area contributed by atoms with Crippen LogP contribution in [0.2, 0.25) is 0 Å². The van der Waals surface area contributed by atoms with Crippen LogP contribution in [-0.2, 0) is 16.1 Å². The number of rotatable bonds is 5. The Hall–Kier alpha value is -2.62. The smallest absolute Gasteiger partial charge is 0.331 e. The molecule has 0 aliphatic carbocycles. The van der Waals surface area contributed by atoms with E-state index in [0.29, 0.717) is 5.56 Å². The van der Waals surface area contributed by atoms with E-state index in [1.807, 2.05) is 31.2 Å². The SMILES string of the molecule is COc1ccc(COC(=O)/C=C/c2ccc(C)cc2)cc1F. The molecule has 114 valence electrons. The van der Waals surface area contributed by atoms with Crippen molar-refractivity contribution in [2.45, 2.75) is 13.5 Å². The second-order valence-corrected chi connectivity index (χ2v) is 4.82. The first-order valence-electron chi connectivity index (χ1n) is 6.82. The van der Waals surface area contributed by atoms with Crippen molar-refractivity contribution < 1.29 is 18.7 Å². The summed E-state index contributed by atoms with van der Waals surface area (Å²) in [5.74, 6) is -0.794. The Kier molecular flexibility index (Phi) is 5.31. The summed E-state index contributed by atoms with van der Waals surface area (Å²) in [6.07, 6.45) is 3.03. The Balaban J connectivity index is 1.90. The molecular weight excluding hydrogens is 283 g/mol. The van der Waals surface area contributed by atoms with Crippen LogP contribution in [0.1, 0.15) is 16.7 Å². The van der Waals surface area contributed by atoms with Gasteiger partial charge in [-0.1, -0.05) is 35.9 Å². The summed E-state index contributed by atoms with van der Waals surface area (Å²) in [5, 5.41) is 0. The molecule has 0 aliphatic rings. The molecule has 0 N–H and O–H groups in total. The highest BCUT2D eigenvalue weighted by atomic mass is 19.1. The van der Waals surface area contributed by atoms with Gasteiger partial charge >= 0.3 is 5.97 Å². The maximum Gasteiger partial charge on any atom is 0.331 e. The minimum absolute atomic E-state index is 0.0119. The van der Waals surface area contributed by atoms with Crippen LogP contribution in [-0.4, -0.2) is 13.1 Å². The molecule has 0 radical (unpaired) electrons. The Morgan fingerprint density at radius 3 is 2.55 bits per heavy atom. The zero-order valence-corrected chi connectivity index (χ0v) is 12.5. The summed E-state index contributed by atoms with van der Waals surface area (Å²) < 4.78 is 23.4. The van der Waals surface area contributed by atoms with Crippen LogP contribution in [0.4, 0.5) is 4.39 Å². The van der Waals surface area contributed by atoms with Crippen molar-refractivity contribution in [3.63, 3.8) is 0 Å². The second-order valence-electron chi connectivity index (χ2n) is 4.82. The summed E-state index contributed by atoms with van der Waals surface area (Å²) in [5.41, 5.74) is 2.63. The molecule has 0 unspecified atom stereocenters. The lowest BCUT2D eigenvalue weighted by Crippen LogP contribution is -2.01. The fourth-order valence-electron chi connectivity index (χ4n) is 1.84. The Morgan fingerprint density at radius 2 is 1.91 bits per heavy atom. The molecule has 0 spiro atoms. The average Bonchev–Trinajstić information content (AvgIpc) is 2.52. The molecule has 0 amide bonds. The molecule has 0 aliphatic heterocycles. The van der Waals surface area contributed by atoms with Gasteiger partial charge in [-0.2, -0.15) is 0 Å². The number of carbonyl (C=O) groups is 1. The average molecular weight is 300 g/mol. The zero-order chi connectivity index (χ0) is 15.9. The van der Waals surface area contributed by atoms with E-state index in [1.54, 1.807) is 12.1 Å². The van der Waals surface area contributed by atoms with Crippen molar-refractivity contribution in [2.75, 3.05) is 7.11 Å². The minimum Gasteiger partial charge on any atom is -0.494 e. The Labute approximate surface area is 129 Å². The molecule has 0 heterocycles.